The third-order valence-corrected chi connectivity index (χ3v) is 3.99. The molecule has 0 aliphatic heterocycles. The van der Waals surface area contributed by atoms with E-state index in [0.717, 1.165) is 25.8 Å². The minimum absolute atomic E-state index is 0.717. The Hall–Kier alpha value is -1.27. The molecule has 0 amide bonds. The van der Waals surface area contributed by atoms with E-state index in [1.54, 1.807) is 11.3 Å². The lowest BCUT2D eigenvalue weighted by molar-refractivity contribution is 0.832. The predicted molar refractivity (Wildman–Crippen MR) is 71.1 cm³/mol. The number of nitrogens with zero attached hydrogens (tertiary/aromatic N) is 4. The summed E-state index contributed by atoms with van der Waals surface area (Å²) in [6.45, 7) is 0. The second kappa shape index (κ2) is 4.19. The second-order valence-electron chi connectivity index (χ2n) is 3.70. The molecule has 1 aromatic carbocycles. The van der Waals surface area contributed by atoms with Gasteiger partial charge in [0, 0.05) is 7.05 Å². The fourth-order valence-electron chi connectivity index (χ4n) is 1.79. The van der Waals surface area contributed by atoms with Crippen LogP contribution < -0.4 is 0 Å². The van der Waals surface area contributed by atoms with Crippen LogP contribution in [0.15, 0.2) is 28.2 Å². The standard InChI is InChI=1S/C11H9BrN4S/c1-16-8-5-3-2-4-7(8)13-9(16)6-10-14-15-11(12)17-10/h2-5H,6H2,1H3. The van der Waals surface area contributed by atoms with Crippen LogP contribution in [-0.2, 0) is 13.5 Å². The number of rotatable bonds is 2. The Labute approximate surface area is 110 Å². The minimum atomic E-state index is 0.717. The number of benzene rings is 1. The molecule has 2 aromatic heterocycles. The van der Waals surface area contributed by atoms with Crippen LogP contribution in [0.5, 0.6) is 0 Å². The lowest BCUT2D eigenvalue weighted by Gasteiger charge is -1.98. The number of para-hydroxylation sites is 2. The summed E-state index contributed by atoms with van der Waals surface area (Å²) in [5.41, 5.74) is 2.17. The molecule has 0 atom stereocenters. The summed E-state index contributed by atoms with van der Waals surface area (Å²) in [7, 11) is 2.03. The van der Waals surface area contributed by atoms with E-state index in [-0.39, 0.29) is 0 Å². The molecule has 0 unspecified atom stereocenters. The molecule has 0 saturated carbocycles. The van der Waals surface area contributed by atoms with E-state index >= 15 is 0 Å². The van der Waals surface area contributed by atoms with Crippen molar-refractivity contribution in [3.63, 3.8) is 0 Å². The zero-order chi connectivity index (χ0) is 11.8. The first-order valence-electron chi connectivity index (χ1n) is 5.12. The summed E-state index contributed by atoms with van der Waals surface area (Å²) < 4.78 is 2.91. The molecule has 0 saturated heterocycles. The molecule has 3 aromatic rings. The highest BCUT2D eigenvalue weighted by molar-refractivity contribution is 9.11. The molecular formula is C11H9BrN4S. The highest BCUT2D eigenvalue weighted by Gasteiger charge is 2.10. The van der Waals surface area contributed by atoms with Gasteiger partial charge in [0.05, 0.1) is 17.5 Å². The molecule has 0 spiro atoms. The Bertz CT molecular complexity index is 673. The zero-order valence-corrected chi connectivity index (χ0v) is 11.5. The molecular weight excluding hydrogens is 300 g/mol. The van der Waals surface area contributed by atoms with Gasteiger partial charge in [-0.05, 0) is 28.1 Å². The number of hydrogen-bond donors (Lipinski definition) is 0. The normalized spacial score (nSPS) is 11.2. The molecule has 0 radical (unpaired) electrons. The zero-order valence-electron chi connectivity index (χ0n) is 9.09. The maximum atomic E-state index is 4.60. The maximum absolute atomic E-state index is 4.60. The lowest BCUT2D eigenvalue weighted by atomic mass is 10.3. The van der Waals surface area contributed by atoms with Crippen molar-refractivity contribution in [3.8, 4) is 0 Å². The van der Waals surface area contributed by atoms with Crippen LogP contribution in [0, 0.1) is 0 Å². The largest absolute Gasteiger partial charge is 0.331 e. The van der Waals surface area contributed by atoms with Crippen molar-refractivity contribution in [2.24, 2.45) is 7.05 Å². The summed E-state index contributed by atoms with van der Waals surface area (Å²) in [5, 5.41) is 9.00. The van der Waals surface area contributed by atoms with Gasteiger partial charge < -0.3 is 4.57 Å². The van der Waals surface area contributed by atoms with Crippen LogP contribution in [0.4, 0.5) is 0 Å². The van der Waals surface area contributed by atoms with Crippen LogP contribution in [0.3, 0.4) is 0 Å². The SMILES string of the molecule is Cn1c(Cc2nnc(Br)s2)nc2ccccc21. The summed E-state index contributed by atoms with van der Waals surface area (Å²) in [5.74, 6) is 1.01. The molecule has 0 N–H and O–H groups in total. The van der Waals surface area contributed by atoms with Crippen LogP contribution in [-0.4, -0.2) is 19.7 Å². The first-order valence-corrected chi connectivity index (χ1v) is 6.73. The van der Waals surface area contributed by atoms with Crippen molar-refractivity contribution in [2.45, 2.75) is 6.42 Å². The van der Waals surface area contributed by atoms with Crippen molar-refractivity contribution < 1.29 is 0 Å². The summed E-state index contributed by atoms with van der Waals surface area (Å²) >= 11 is 4.86. The van der Waals surface area contributed by atoms with E-state index in [1.165, 1.54) is 0 Å². The first-order chi connectivity index (χ1) is 8.24. The molecule has 0 bridgehead atoms. The number of hydrogen-bond acceptors (Lipinski definition) is 4. The maximum Gasteiger partial charge on any atom is 0.183 e. The quantitative estimate of drug-likeness (QED) is 0.731. The van der Waals surface area contributed by atoms with E-state index < -0.39 is 0 Å². The van der Waals surface area contributed by atoms with Gasteiger partial charge >= 0.3 is 0 Å². The number of aryl methyl sites for hydroxylation is 1. The van der Waals surface area contributed by atoms with Gasteiger partial charge in [-0.3, -0.25) is 0 Å². The molecule has 0 aliphatic rings. The molecule has 4 nitrogen and oxygen atoms in total. The number of imidazole rings is 1. The van der Waals surface area contributed by atoms with Crippen LogP contribution in [0.2, 0.25) is 0 Å². The van der Waals surface area contributed by atoms with Gasteiger partial charge in [0.15, 0.2) is 3.92 Å². The molecule has 3 rings (SSSR count). The second-order valence-corrected chi connectivity index (χ2v) is 6.04. The Morgan fingerprint density at radius 3 is 2.82 bits per heavy atom. The highest BCUT2D eigenvalue weighted by atomic mass is 79.9. The van der Waals surface area contributed by atoms with Crippen molar-refractivity contribution in [1.82, 2.24) is 19.7 Å². The van der Waals surface area contributed by atoms with Gasteiger partial charge in [-0.1, -0.05) is 23.5 Å². The fourth-order valence-corrected chi connectivity index (χ4v) is 2.99. The molecule has 6 heteroatoms. The Kier molecular flexibility index (Phi) is 2.68. The van der Waals surface area contributed by atoms with Crippen molar-refractivity contribution in [1.29, 1.82) is 0 Å². The molecule has 17 heavy (non-hydrogen) atoms. The smallest absolute Gasteiger partial charge is 0.183 e. The Morgan fingerprint density at radius 1 is 1.29 bits per heavy atom. The average molecular weight is 309 g/mol. The Balaban J connectivity index is 2.03. The molecule has 0 fully saturated rings. The molecule has 86 valence electrons. The fraction of sp³-hybridized carbons (Fsp3) is 0.182. The van der Waals surface area contributed by atoms with Crippen LogP contribution >= 0.6 is 27.3 Å². The van der Waals surface area contributed by atoms with Gasteiger partial charge in [0.1, 0.15) is 10.8 Å². The summed E-state index contributed by atoms with van der Waals surface area (Å²) in [6, 6.07) is 8.12. The van der Waals surface area contributed by atoms with E-state index in [1.807, 2.05) is 25.2 Å². The van der Waals surface area contributed by atoms with Gasteiger partial charge in [-0.2, -0.15) is 0 Å². The Morgan fingerprint density at radius 2 is 2.12 bits per heavy atom. The lowest BCUT2D eigenvalue weighted by Crippen LogP contribution is -1.98. The average Bonchev–Trinajstić information content (AvgIpc) is 2.86. The third-order valence-electron chi connectivity index (χ3n) is 2.63. The van der Waals surface area contributed by atoms with E-state index in [4.69, 9.17) is 0 Å². The van der Waals surface area contributed by atoms with Crippen LogP contribution in [0.25, 0.3) is 11.0 Å². The monoisotopic (exact) mass is 308 g/mol. The third kappa shape index (κ3) is 1.98. The molecule has 2 heterocycles. The van der Waals surface area contributed by atoms with Crippen LogP contribution in [0.1, 0.15) is 10.8 Å². The van der Waals surface area contributed by atoms with Crippen molar-refractivity contribution >= 4 is 38.3 Å². The minimum Gasteiger partial charge on any atom is -0.331 e. The molecule has 0 aliphatic carbocycles. The predicted octanol–water partition coefficient (Wildman–Crippen LogP) is 2.78. The number of aromatic nitrogens is 4. The topological polar surface area (TPSA) is 43.6 Å². The van der Waals surface area contributed by atoms with Crippen molar-refractivity contribution in [3.05, 3.63) is 39.0 Å². The van der Waals surface area contributed by atoms with E-state index in [9.17, 15) is 0 Å². The van der Waals surface area contributed by atoms with E-state index in [2.05, 4.69) is 41.7 Å². The van der Waals surface area contributed by atoms with Gasteiger partial charge in [-0.25, -0.2) is 4.98 Å². The first kappa shape index (κ1) is 10.9. The number of fused-ring (bicyclic) bond motifs is 1. The van der Waals surface area contributed by atoms with Gasteiger partial charge in [0.25, 0.3) is 0 Å². The summed E-state index contributed by atoms with van der Waals surface area (Å²) in [4.78, 5) is 4.60. The van der Waals surface area contributed by atoms with Crippen molar-refractivity contribution in [2.75, 3.05) is 0 Å². The summed E-state index contributed by atoms with van der Waals surface area (Å²) in [6.07, 6.45) is 0.717. The van der Waals surface area contributed by atoms with Gasteiger partial charge in [0.2, 0.25) is 0 Å². The number of halogens is 1. The van der Waals surface area contributed by atoms with E-state index in [0.29, 0.717) is 6.42 Å². The highest BCUT2D eigenvalue weighted by Crippen LogP contribution is 2.20. The van der Waals surface area contributed by atoms with Gasteiger partial charge in [-0.15, -0.1) is 10.2 Å².